The Bertz CT molecular complexity index is 2400. The Morgan fingerprint density at radius 2 is 1.02 bits per heavy atom. The SMILES string of the molecule is C[Si](=[Zr+2])CCC(F)(F)F.Cc1cc(C)cc(-c2cccc3c2=CC(=CC24CCC(CC2)C4)[C-]=3)c1.Cc1cc(C)cc(-c2cccc3c2=CC(=CC24CCC(CC2)C4)[C-]=3)c1.[Cl-].[Cl-]. The number of aryl methyl sites for hydroxylation is 4. The van der Waals surface area contributed by atoms with Crippen LogP contribution in [-0.2, 0) is 23.3 Å². The van der Waals surface area contributed by atoms with Crippen molar-refractivity contribution in [3.63, 3.8) is 0 Å². The molecule has 61 heavy (non-hydrogen) atoms. The maximum absolute atomic E-state index is 11.4. The smallest absolute Gasteiger partial charge is 0.0254 e. The summed E-state index contributed by atoms with van der Waals surface area (Å²) in [5, 5.41) is 5.21. The molecule has 318 valence electrons. The van der Waals surface area contributed by atoms with Crippen molar-refractivity contribution in [3.8, 4) is 22.3 Å². The van der Waals surface area contributed by atoms with Crippen LogP contribution >= 0.6 is 0 Å². The van der Waals surface area contributed by atoms with Gasteiger partial charge in [0.1, 0.15) is 0 Å². The van der Waals surface area contributed by atoms with Gasteiger partial charge in [-0.1, -0.05) is 145 Å². The van der Waals surface area contributed by atoms with Crippen molar-refractivity contribution in [3.05, 3.63) is 139 Å². The first kappa shape index (κ1) is 47.8. The molecular formula is C54H57Cl2F3SiZr-2. The van der Waals surface area contributed by atoms with Crippen LogP contribution in [0.4, 0.5) is 13.2 Å². The van der Waals surface area contributed by atoms with Crippen LogP contribution in [0.3, 0.4) is 0 Å². The van der Waals surface area contributed by atoms with Crippen molar-refractivity contribution in [2.24, 2.45) is 22.7 Å². The fourth-order valence-electron chi connectivity index (χ4n) is 11.1. The average molecular weight is 953 g/mol. The first-order valence-electron chi connectivity index (χ1n) is 21.9. The molecule has 0 N–H and O–H groups in total. The summed E-state index contributed by atoms with van der Waals surface area (Å²) in [6.45, 7) is 10.7. The summed E-state index contributed by atoms with van der Waals surface area (Å²) in [6.07, 6.45) is 26.8. The van der Waals surface area contributed by atoms with Gasteiger partial charge in [0.2, 0.25) is 0 Å². The van der Waals surface area contributed by atoms with Crippen LogP contribution < -0.4 is 45.7 Å². The van der Waals surface area contributed by atoms with Crippen LogP contribution in [0.2, 0.25) is 12.6 Å². The third-order valence-electron chi connectivity index (χ3n) is 13.7. The summed E-state index contributed by atoms with van der Waals surface area (Å²) in [6, 6.07) is 27.4. The standard InChI is InChI=1S/2C25H25.C4H7F3Si.2ClH.Zr/c2*1-17-10-18(2)12-22(11-17)23-5-3-4-21-13-20(14-24(21)23)16-25-8-6-19(15-25)7-9-25;1-8-3-2-4(5,6)7;;;/h2*3-5,10-12,14,16,19H,6-9,15H2,1-2H3;2-3H2,1H3;2*1H;/q2*-1;;;;+2/p-2. The number of hydrogen-bond donors (Lipinski definition) is 0. The monoisotopic (exact) mass is 950 g/mol. The predicted octanol–water partition coefficient (Wildman–Crippen LogP) is 5.97. The Morgan fingerprint density at radius 3 is 1.31 bits per heavy atom. The fraction of sp³-hybridized carbons (Fsp3) is 0.407. The molecule has 6 aliphatic rings. The molecule has 4 aromatic rings. The van der Waals surface area contributed by atoms with E-state index >= 15 is 0 Å². The van der Waals surface area contributed by atoms with Crippen LogP contribution in [0.1, 0.15) is 92.9 Å². The number of fused-ring (bicyclic) bond motifs is 6. The molecule has 4 fully saturated rings. The molecule has 0 saturated heterocycles. The third kappa shape index (κ3) is 11.5. The van der Waals surface area contributed by atoms with Gasteiger partial charge in [-0.15, -0.1) is 80.6 Å². The molecule has 4 saturated carbocycles. The van der Waals surface area contributed by atoms with Crippen LogP contribution in [-0.4, -0.2) is 11.6 Å². The maximum atomic E-state index is 11.4. The van der Waals surface area contributed by atoms with E-state index in [4.69, 9.17) is 0 Å². The molecule has 0 aromatic heterocycles. The summed E-state index contributed by atoms with van der Waals surface area (Å²) < 4.78 is 34.3. The van der Waals surface area contributed by atoms with Crippen molar-refractivity contribution in [2.75, 3.05) is 0 Å². The predicted molar refractivity (Wildman–Crippen MR) is 238 cm³/mol. The Morgan fingerprint density at radius 1 is 0.639 bits per heavy atom. The molecule has 4 bridgehead atoms. The fourth-order valence-corrected chi connectivity index (χ4v) is 12.7. The molecule has 0 amide bonds. The van der Waals surface area contributed by atoms with Gasteiger partial charge in [-0.05, 0) is 74.3 Å². The van der Waals surface area contributed by atoms with E-state index in [1.807, 2.05) is 6.55 Å². The number of hydrogen-bond acceptors (Lipinski definition) is 0. The van der Waals surface area contributed by atoms with Gasteiger partial charge in [-0.2, -0.15) is 0 Å². The van der Waals surface area contributed by atoms with Gasteiger partial charge in [0.25, 0.3) is 0 Å². The molecule has 7 heteroatoms. The minimum Gasteiger partial charge on any atom is -1.00 e. The molecule has 0 heterocycles. The van der Waals surface area contributed by atoms with E-state index in [0.29, 0.717) is 16.9 Å². The summed E-state index contributed by atoms with van der Waals surface area (Å²) in [4.78, 5) is 0. The maximum Gasteiger partial charge on any atom is -0.0254 e. The minimum atomic E-state index is -3.93. The Balaban J connectivity index is 0.000000166. The topological polar surface area (TPSA) is 0 Å². The van der Waals surface area contributed by atoms with Crippen molar-refractivity contribution in [2.45, 2.75) is 117 Å². The van der Waals surface area contributed by atoms with Crippen LogP contribution in [0.15, 0.2) is 96.1 Å². The zero-order valence-electron chi connectivity index (χ0n) is 36.3. The molecule has 0 atom stereocenters. The first-order chi connectivity index (χ1) is 28.1. The number of allylic oxidation sites excluding steroid dienone is 4. The molecule has 0 aliphatic heterocycles. The Labute approximate surface area is 389 Å². The van der Waals surface area contributed by atoms with E-state index in [2.05, 4.69) is 137 Å². The largest absolute Gasteiger partial charge is 1.00 e. The molecule has 4 aromatic carbocycles. The minimum absolute atomic E-state index is 0. The third-order valence-corrected chi connectivity index (χ3v) is 16.6. The van der Waals surface area contributed by atoms with Gasteiger partial charge < -0.3 is 24.8 Å². The summed E-state index contributed by atoms with van der Waals surface area (Å²) in [5.41, 5.74) is 13.6. The number of rotatable bonds is 6. The van der Waals surface area contributed by atoms with E-state index in [-0.39, 0.29) is 24.8 Å². The van der Waals surface area contributed by atoms with E-state index in [1.54, 1.807) is 0 Å². The molecule has 0 radical (unpaired) electrons. The molecular weight excluding hydrogens is 896 g/mol. The van der Waals surface area contributed by atoms with Gasteiger partial charge in [0.05, 0.1) is 0 Å². The molecule has 10 rings (SSSR count). The molecule has 0 nitrogen and oxygen atoms in total. The van der Waals surface area contributed by atoms with Crippen LogP contribution in [0.25, 0.3) is 46.6 Å². The Kier molecular flexibility index (Phi) is 15.3. The second-order valence-corrected chi connectivity index (χ2v) is 27.3. The second kappa shape index (κ2) is 19.6. The first-order valence-corrected chi connectivity index (χ1v) is 27.8. The number of benzene rings is 4. The molecule has 6 aliphatic carbocycles. The Hall–Kier alpha value is -2.69. The van der Waals surface area contributed by atoms with Gasteiger partial charge in [-0.3, -0.25) is 0 Å². The molecule has 0 unspecified atom stereocenters. The normalized spacial score (nSPS) is 24.8. The average Bonchev–Trinajstić information content (AvgIpc) is 4.04. The summed E-state index contributed by atoms with van der Waals surface area (Å²) in [7, 11) is 0. The van der Waals surface area contributed by atoms with Crippen molar-refractivity contribution >= 4 is 29.7 Å². The quantitative estimate of drug-likeness (QED) is 0.165. The van der Waals surface area contributed by atoms with E-state index in [0.717, 1.165) is 11.8 Å². The number of halogens is 5. The van der Waals surface area contributed by atoms with E-state index in [9.17, 15) is 13.2 Å². The van der Waals surface area contributed by atoms with Gasteiger partial charge in [-0.25, -0.2) is 0 Å². The van der Waals surface area contributed by atoms with Crippen LogP contribution in [0.5, 0.6) is 0 Å². The van der Waals surface area contributed by atoms with Crippen LogP contribution in [0, 0.1) is 50.4 Å². The van der Waals surface area contributed by atoms with Crippen molar-refractivity contribution < 1.29 is 61.3 Å². The van der Waals surface area contributed by atoms with Crippen molar-refractivity contribution in [1.29, 1.82) is 0 Å². The van der Waals surface area contributed by atoms with E-state index in [1.165, 1.54) is 164 Å². The second-order valence-electron chi connectivity index (χ2n) is 18.9. The zero-order valence-corrected chi connectivity index (χ0v) is 41.2. The molecule has 0 spiro atoms. The van der Waals surface area contributed by atoms with Gasteiger partial charge in [0.15, 0.2) is 0 Å². The number of alkyl halides is 3. The van der Waals surface area contributed by atoms with Gasteiger partial charge in [0, 0.05) is 0 Å². The van der Waals surface area contributed by atoms with E-state index < -0.39 is 18.0 Å². The summed E-state index contributed by atoms with van der Waals surface area (Å²) in [5.74, 6) is 1.98. The van der Waals surface area contributed by atoms with Gasteiger partial charge >= 0.3 is 67.1 Å². The summed E-state index contributed by atoms with van der Waals surface area (Å²) >= 11 is 1.29. The van der Waals surface area contributed by atoms with Crippen molar-refractivity contribution in [1.82, 2.24) is 0 Å². The zero-order chi connectivity index (χ0) is 41.5.